The van der Waals surface area contributed by atoms with Gasteiger partial charge in [-0.25, -0.2) is 4.98 Å². The number of rotatable bonds is 6. The van der Waals surface area contributed by atoms with Gasteiger partial charge in [0.15, 0.2) is 0 Å². The highest BCUT2D eigenvalue weighted by Gasteiger charge is 2.22. The van der Waals surface area contributed by atoms with Gasteiger partial charge in [0, 0.05) is 38.4 Å². The van der Waals surface area contributed by atoms with Crippen molar-refractivity contribution in [2.45, 2.75) is 57.9 Å². The number of hydrogen-bond acceptors (Lipinski definition) is 7. The number of carbonyl (C=O) groups is 1. The first kappa shape index (κ1) is 21.2. The van der Waals surface area contributed by atoms with E-state index in [1.807, 2.05) is 0 Å². The van der Waals surface area contributed by atoms with Crippen LogP contribution in [0.25, 0.3) is 4.96 Å². The highest BCUT2D eigenvalue weighted by atomic mass is 32.1. The van der Waals surface area contributed by atoms with Crippen molar-refractivity contribution < 1.29 is 4.79 Å². The molecule has 8 nitrogen and oxygen atoms in total. The fourth-order valence-corrected chi connectivity index (χ4v) is 5.46. The van der Waals surface area contributed by atoms with Gasteiger partial charge in [-0.1, -0.05) is 37.5 Å². The number of likely N-dealkylation sites (N-methyl/N-ethyl adjacent to an activating group) is 1. The van der Waals surface area contributed by atoms with Crippen LogP contribution in [0.2, 0.25) is 0 Å². The van der Waals surface area contributed by atoms with Crippen LogP contribution < -0.4 is 15.8 Å². The molecule has 1 saturated carbocycles. The number of aromatic nitrogens is 3. The van der Waals surface area contributed by atoms with E-state index >= 15 is 0 Å². The first-order valence-electron chi connectivity index (χ1n) is 11.1. The van der Waals surface area contributed by atoms with Crippen LogP contribution in [0.3, 0.4) is 0 Å². The van der Waals surface area contributed by atoms with Crippen LogP contribution in [0.4, 0.5) is 5.13 Å². The van der Waals surface area contributed by atoms with Crippen LogP contribution in [0.5, 0.6) is 0 Å². The number of fused-ring (bicyclic) bond motifs is 1. The lowest BCUT2D eigenvalue weighted by molar-refractivity contribution is 0.0942. The average molecular weight is 433 g/mol. The monoisotopic (exact) mass is 432 g/mol. The SMILES string of the molecule is C[C@H]1CCCN(c2nn3c(=O)c(C(=O)NCCN(C)C4CCCCC4)cnc3s2)C1. The first-order chi connectivity index (χ1) is 14.5. The van der Waals surface area contributed by atoms with Gasteiger partial charge < -0.3 is 15.1 Å². The summed E-state index contributed by atoms with van der Waals surface area (Å²) in [7, 11) is 2.11. The molecule has 9 heteroatoms. The van der Waals surface area contributed by atoms with Crippen molar-refractivity contribution in [2.75, 3.05) is 38.1 Å². The third-order valence-electron chi connectivity index (χ3n) is 6.40. The van der Waals surface area contributed by atoms with Gasteiger partial charge in [-0.3, -0.25) is 9.59 Å². The standard InChI is InChI=1S/C21H32N6O2S/c1-15-7-6-11-26(14-15)21-24-27-19(29)17(13-23-20(27)30-21)18(28)22-10-12-25(2)16-8-4-3-5-9-16/h13,15-16H,3-12,14H2,1-2H3,(H,22,28)/t15-/m0/s1. The van der Waals surface area contributed by atoms with Gasteiger partial charge >= 0.3 is 0 Å². The smallest absolute Gasteiger partial charge is 0.288 e. The predicted octanol–water partition coefficient (Wildman–Crippen LogP) is 2.38. The molecular weight excluding hydrogens is 400 g/mol. The molecule has 2 aromatic rings. The number of hydrogen-bond donors (Lipinski definition) is 1. The van der Waals surface area contributed by atoms with Crippen molar-refractivity contribution in [3.63, 3.8) is 0 Å². The zero-order chi connectivity index (χ0) is 21.1. The minimum atomic E-state index is -0.398. The summed E-state index contributed by atoms with van der Waals surface area (Å²) in [6.45, 7) is 5.42. The lowest BCUT2D eigenvalue weighted by Gasteiger charge is -2.31. The molecule has 1 aliphatic carbocycles. The van der Waals surface area contributed by atoms with E-state index in [0.717, 1.165) is 31.2 Å². The maximum Gasteiger partial charge on any atom is 0.288 e. The summed E-state index contributed by atoms with van der Waals surface area (Å²) < 4.78 is 1.28. The van der Waals surface area contributed by atoms with E-state index in [1.54, 1.807) is 0 Å². The van der Waals surface area contributed by atoms with E-state index in [9.17, 15) is 9.59 Å². The molecule has 1 atom stereocenters. The molecule has 1 saturated heterocycles. The second kappa shape index (κ2) is 9.43. The van der Waals surface area contributed by atoms with Crippen LogP contribution in [-0.2, 0) is 0 Å². The van der Waals surface area contributed by atoms with Crippen LogP contribution in [-0.4, -0.2) is 64.7 Å². The van der Waals surface area contributed by atoms with Gasteiger partial charge in [-0.05, 0) is 38.6 Å². The number of anilines is 1. The van der Waals surface area contributed by atoms with Crippen molar-refractivity contribution in [3.05, 3.63) is 22.1 Å². The summed E-state index contributed by atoms with van der Waals surface area (Å²) in [6.07, 6.45) is 10.1. The second-order valence-electron chi connectivity index (χ2n) is 8.78. The summed E-state index contributed by atoms with van der Waals surface area (Å²) >= 11 is 1.41. The van der Waals surface area contributed by atoms with Crippen LogP contribution in [0.15, 0.2) is 11.0 Å². The average Bonchev–Trinajstić information content (AvgIpc) is 3.20. The molecule has 30 heavy (non-hydrogen) atoms. The Bertz CT molecular complexity index is 935. The van der Waals surface area contributed by atoms with Crippen LogP contribution in [0.1, 0.15) is 62.2 Å². The van der Waals surface area contributed by atoms with Crippen molar-refractivity contribution in [3.8, 4) is 0 Å². The molecule has 164 valence electrons. The van der Waals surface area contributed by atoms with E-state index in [1.165, 1.54) is 60.6 Å². The summed E-state index contributed by atoms with van der Waals surface area (Å²) in [5, 5.41) is 8.17. The maximum absolute atomic E-state index is 12.9. The Morgan fingerprint density at radius 1 is 1.27 bits per heavy atom. The third kappa shape index (κ3) is 4.67. The van der Waals surface area contributed by atoms with Gasteiger partial charge in [0.1, 0.15) is 5.56 Å². The molecule has 0 aromatic carbocycles. The molecule has 0 unspecified atom stereocenters. The van der Waals surface area contributed by atoms with Crippen LogP contribution >= 0.6 is 11.3 Å². The Balaban J connectivity index is 1.40. The van der Waals surface area contributed by atoms with Crippen LogP contribution in [0, 0.1) is 5.92 Å². The van der Waals surface area contributed by atoms with E-state index < -0.39 is 5.56 Å². The number of carbonyl (C=O) groups excluding carboxylic acids is 1. The van der Waals surface area contributed by atoms with Gasteiger partial charge in [0.05, 0.1) is 0 Å². The normalized spacial score (nSPS) is 20.8. The molecule has 4 rings (SSSR count). The maximum atomic E-state index is 12.9. The van der Waals surface area contributed by atoms with Gasteiger partial charge in [-0.2, -0.15) is 4.52 Å². The van der Waals surface area contributed by atoms with Crippen molar-refractivity contribution in [2.24, 2.45) is 5.92 Å². The second-order valence-corrected chi connectivity index (χ2v) is 9.71. The highest BCUT2D eigenvalue weighted by molar-refractivity contribution is 7.20. The molecule has 2 aliphatic rings. The van der Waals surface area contributed by atoms with Crippen molar-refractivity contribution in [1.29, 1.82) is 0 Å². The highest BCUT2D eigenvalue weighted by Crippen LogP contribution is 2.26. The van der Waals surface area contributed by atoms with E-state index in [2.05, 4.69) is 39.2 Å². The molecular formula is C21H32N6O2S. The molecule has 1 aliphatic heterocycles. The molecule has 2 aromatic heterocycles. The Hall–Kier alpha value is -2.00. The lowest BCUT2D eigenvalue weighted by atomic mass is 9.94. The van der Waals surface area contributed by atoms with Gasteiger partial charge in [-0.15, -0.1) is 5.10 Å². The van der Waals surface area contributed by atoms with E-state index in [4.69, 9.17) is 0 Å². The zero-order valence-corrected chi connectivity index (χ0v) is 18.8. The van der Waals surface area contributed by atoms with E-state index in [0.29, 0.717) is 23.5 Å². The molecule has 0 bridgehead atoms. The van der Waals surface area contributed by atoms with E-state index in [-0.39, 0.29) is 11.5 Å². The molecule has 0 radical (unpaired) electrons. The number of nitrogens with one attached hydrogen (secondary N) is 1. The van der Waals surface area contributed by atoms with Gasteiger partial charge in [0.2, 0.25) is 10.1 Å². The number of nitrogens with zero attached hydrogens (tertiary/aromatic N) is 5. The minimum absolute atomic E-state index is 0.0525. The molecule has 2 fully saturated rings. The Morgan fingerprint density at radius 2 is 2.07 bits per heavy atom. The Kier molecular flexibility index (Phi) is 6.67. The van der Waals surface area contributed by atoms with Crippen molar-refractivity contribution >= 4 is 27.3 Å². The minimum Gasteiger partial charge on any atom is -0.351 e. The largest absolute Gasteiger partial charge is 0.351 e. The lowest BCUT2D eigenvalue weighted by Crippen LogP contribution is -2.40. The molecule has 3 heterocycles. The van der Waals surface area contributed by atoms with Crippen molar-refractivity contribution in [1.82, 2.24) is 24.8 Å². The summed E-state index contributed by atoms with van der Waals surface area (Å²) in [6, 6.07) is 0.602. The summed E-state index contributed by atoms with van der Waals surface area (Å²) in [5.74, 6) is 0.239. The summed E-state index contributed by atoms with van der Waals surface area (Å²) in [5.41, 5.74) is -0.345. The third-order valence-corrected chi connectivity index (χ3v) is 7.38. The topological polar surface area (TPSA) is 82.8 Å². The zero-order valence-electron chi connectivity index (χ0n) is 18.0. The van der Waals surface area contributed by atoms with Gasteiger partial charge in [0.25, 0.3) is 11.5 Å². The molecule has 0 spiro atoms. The molecule has 1 N–H and O–H groups in total. The fourth-order valence-electron chi connectivity index (χ4n) is 4.57. The Morgan fingerprint density at radius 3 is 2.83 bits per heavy atom. The first-order valence-corrected chi connectivity index (χ1v) is 12.0. The summed E-state index contributed by atoms with van der Waals surface area (Å²) in [4.78, 5) is 34.9. The molecule has 1 amide bonds. The number of piperidine rings is 1. The fraction of sp³-hybridized carbons (Fsp3) is 0.714. The quantitative estimate of drug-likeness (QED) is 0.755. The predicted molar refractivity (Wildman–Crippen MR) is 120 cm³/mol. The Labute approximate surface area is 181 Å². The number of amides is 1.